The fraction of sp³-hybridized carbons (Fsp3) is 0.412. The topological polar surface area (TPSA) is 58.2 Å². The molecule has 1 aromatic carbocycles. The SMILES string of the molecule is Cc1cccc(OC(C)C(=O)N2CCCC2c2ncc[nH]2)c1. The van der Waals surface area contributed by atoms with Crippen molar-refractivity contribution in [1.82, 2.24) is 14.9 Å². The van der Waals surface area contributed by atoms with E-state index in [0.717, 1.165) is 36.5 Å². The van der Waals surface area contributed by atoms with Gasteiger partial charge in [0, 0.05) is 18.9 Å². The number of H-pyrrole nitrogens is 1. The van der Waals surface area contributed by atoms with E-state index in [4.69, 9.17) is 4.74 Å². The summed E-state index contributed by atoms with van der Waals surface area (Å²) in [6.45, 7) is 4.57. The van der Waals surface area contributed by atoms with Gasteiger partial charge in [-0.2, -0.15) is 0 Å². The van der Waals surface area contributed by atoms with E-state index in [9.17, 15) is 4.79 Å². The summed E-state index contributed by atoms with van der Waals surface area (Å²) in [4.78, 5) is 22.0. The van der Waals surface area contributed by atoms with Gasteiger partial charge >= 0.3 is 0 Å². The zero-order valence-electron chi connectivity index (χ0n) is 13.0. The number of aromatic amines is 1. The molecule has 0 spiro atoms. The Bertz CT molecular complexity index is 639. The second-order valence-corrected chi connectivity index (χ2v) is 5.74. The van der Waals surface area contributed by atoms with E-state index < -0.39 is 6.10 Å². The van der Waals surface area contributed by atoms with Crippen molar-refractivity contribution in [3.63, 3.8) is 0 Å². The number of ether oxygens (including phenoxy) is 1. The lowest BCUT2D eigenvalue weighted by Crippen LogP contribution is -2.40. The number of carbonyl (C=O) groups is 1. The standard InChI is InChI=1S/C17H21N3O2/c1-12-5-3-6-14(11-12)22-13(2)17(21)20-10-4-7-15(20)16-18-8-9-19-16/h3,5-6,8-9,11,13,15H,4,7,10H2,1-2H3,(H,18,19). The first-order chi connectivity index (χ1) is 10.6. The highest BCUT2D eigenvalue weighted by Crippen LogP contribution is 2.30. The number of aryl methyl sites for hydroxylation is 1. The van der Waals surface area contributed by atoms with Gasteiger partial charge < -0.3 is 14.6 Å². The van der Waals surface area contributed by atoms with E-state index in [-0.39, 0.29) is 11.9 Å². The first-order valence-corrected chi connectivity index (χ1v) is 7.68. The van der Waals surface area contributed by atoms with Crippen molar-refractivity contribution in [3.05, 3.63) is 48.0 Å². The number of rotatable bonds is 4. The van der Waals surface area contributed by atoms with Gasteiger partial charge in [0.1, 0.15) is 11.6 Å². The Morgan fingerprint density at radius 2 is 2.36 bits per heavy atom. The summed E-state index contributed by atoms with van der Waals surface area (Å²) in [5.41, 5.74) is 1.12. The zero-order chi connectivity index (χ0) is 15.5. The van der Waals surface area contributed by atoms with E-state index in [1.165, 1.54) is 0 Å². The predicted octanol–water partition coefficient (Wildman–Crippen LogP) is 2.85. The Balaban J connectivity index is 1.70. The largest absolute Gasteiger partial charge is 0.481 e. The van der Waals surface area contributed by atoms with Gasteiger partial charge in [0.15, 0.2) is 6.10 Å². The molecule has 5 nitrogen and oxygen atoms in total. The molecule has 1 fully saturated rings. The number of hydrogen-bond acceptors (Lipinski definition) is 3. The number of amides is 1. The van der Waals surface area contributed by atoms with E-state index in [1.54, 1.807) is 12.4 Å². The number of nitrogens with one attached hydrogen (secondary N) is 1. The number of hydrogen-bond donors (Lipinski definition) is 1. The summed E-state index contributed by atoms with van der Waals surface area (Å²) in [5.74, 6) is 1.60. The van der Waals surface area contributed by atoms with Crippen LogP contribution in [-0.2, 0) is 4.79 Å². The predicted molar refractivity (Wildman–Crippen MR) is 83.5 cm³/mol. The maximum atomic E-state index is 12.7. The molecule has 5 heteroatoms. The molecule has 116 valence electrons. The maximum absolute atomic E-state index is 12.7. The molecule has 1 saturated heterocycles. The van der Waals surface area contributed by atoms with Crippen LogP contribution in [0, 0.1) is 6.92 Å². The molecular formula is C17H21N3O2. The Morgan fingerprint density at radius 1 is 1.50 bits per heavy atom. The second-order valence-electron chi connectivity index (χ2n) is 5.74. The summed E-state index contributed by atoms with van der Waals surface area (Å²) in [6.07, 6.45) is 4.95. The molecule has 1 aromatic heterocycles. The molecule has 1 N–H and O–H groups in total. The first kappa shape index (κ1) is 14.6. The van der Waals surface area contributed by atoms with Gasteiger partial charge in [-0.15, -0.1) is 0 Å². The van der Waals surface area contributed by atoms with Crippen LogP contribution in [0.5, 0.6) is 5.75 Å². The van der Waals surface area contributed by atoms with Gasteiger partial charge in [0.25, 0.3) is 5.91 Å². The lowest BCUT2D eigenvalue weighted by molar-refractivity contribution is -0.139. The molecule has 1 amide bonds. The average Bonchev–Trinajstić information content (AvgIpc) is 3.17. The number of carbonyl (C=O) groups excluding carboxylic acids is 1. The summed E-state index contributed by atoms with van der Waals surface area (Å²) in [7, 11) is 0. The lowest BCUT2D eigenvalue weighted by Gasteiger charge is -2.26. The fourth-order valence-electron chi connectivity index (χ4n) is 2.95. The minimum atomic E-state index is -0.502. The third-order valence-electron chi connectivity index (χ3n) is 4.02. The number of aromatic nitrogens is 2. The highest BCUT2D eigenvalue weighted by molar-refractivity contribution is 5.81. The van der Waals surface area contributed by atoms with E-state index in [0.29, 0.717) is 0 Å². The number of imidazole rings is 1. The molecule has 22 heavy (non-hydrogen) atoms. The lowest BCUT2D eigenvalue weighted by atomic mass is 10.2. The monoisotopic (exact) mass is 299 g/mol. The molecule has 0 radical (unpaired) electrons. The average molecular weight is 299 g/mol. The van der Waals surface area contributed by atoms with Gasteiger partial charge in [-0.1, -0.05) is 12.1 Å². The zero-order valence-corrected chi connectivity index (χ0v) is 13.0. The Hall–Kier alpha value is -2.30. The Labute approximate surface area is 130 Å². The van der Waals surface area contributed by atoms with Gasteiger partial charge in [-0.25, -0.2) is 4.98 Å². The summed E-state index contributed by atoms with van der Waals surface area (Å²) in [5, 5.41) is 0. The summed E-state index contributed by atoms with van der Waals surface area (Å²) in [6, 6.07) is 7.80. The van der Waals surface area contributed by atoms with Crippen LogP contribution in [0.15, 0.2) is 36.7 Å². The highest BCUT2D eigenvalue weighted by Gasteiger charge is 2.34. The molecule has 0 saturated carbocycles. The first-order valence-electron chi connectivity index (χ1n) is 7.68. The molecule has 0 aliphatic carbocycles. The van der Waals surface area contributed by atoms with Crippen molar-refractivity contribution < 1.29 is 9.53 Å². The molecule has 1 aliphatic heterocycles. The van der Waals surface area contributed by atoms with Gasteiger partial charge in [0.05, 0.1) is 6.04 Å². The number of benzene rings is 1. The van der Waals surface area contributed by atoms with Crippen molar-refractivity contribution in [2.75, 3.05) is 6.54 Å². The van der Waals surface area contributed by atoms with E-state index in [1.807, 2.05) is 43.0 Å². The fourth-order valence-corrected chi connectivity index (χ4v) is 2.95. The van der Waals surface area contributed by atoms with Crippen LogP contribution in [0.1, 0.15) is 37.2 Å². The van der Waals surface area contributed by atoms with Gasteiger partial charge in [-0.3, -0.25) is 4.79 Å². The van der Waals surface area contributed by atoms with E-state index >= 15 is 0 Å². The van der Waals surface area contributed by atoms with Crippen LogP contribution in [0.25, 0.3) is 0 Å². The van der Waals surface area contributed by atoms with Gasteiger partial charge in [-0.05, 0) is 44.4 Å². The Morgan fingerprint density at radius 3 is 3.09 bits per heavy atom. The normalized spacial score (nSPS) is 19.2. The Kier molecular flexibility index (Phi) is 4.13. The molecule has 1 aliphatic rings. The summed E-state index contributed by atoms with van der Waals surface area (Å²) >= 11 is 0. The maximum Gasteiger partial charge on any atom is 0.263 e. The molecule has 3 rings (SSSR count). The van der Waals surface area contributed by atoms with Crippen molar-refractivity contribution in [3.8, 4) is 5.75 Å². The minimum Gasteiger partial charge on any atom is -0.481 e. The molecule has 2 aromatic rings. The van der Waals surface area contributed by atoms with Crippen molar-refractivity contribution in [2.45, 2.75) is 38.8 Å². The van der Waals surface area contributed by atoms with Crippen LogP contribution in [0.4, 0.5) is 0 Å². The third-order valence-corrected chi connectivity index (χ3v) is 4.02. The molecule has 2 heterocycles. The molecule has 2 atom stereocenters. The molecule has 2 unspecified atom stereocenters. The van der Waals surface area contributed by atoms with Crippen LogP contribution < -0.4 is 4.74 Å². The van der Waals surface area contributed by atoms with E-state index in [2.05, 4.69) is 9.97 Å². The molecule has 0 bridgehead atoms. The van der Waals surface area contributed by atoms with Crippen LogP contribution in [0.3, 0.4) is 0 Å². The second kappa shape index (κ2) is 6.22. The van der Waals surface area contributed by atoms with Crippen molar-refractivity contribution in [1.29, 1.82) is 0 Å². The van der Waals surface area contributed by atoms with Crippen LogP contribution >= 0.6 is 0 Å². The van der Waals surface area contributed by atoms with Crippen LogP contribution in [-0.4, -0.2) is 33.4 Å². The highest BCUT2D eigenvalue weighted by atomic mass is 16.5. The van der Waals surface area contributed by atoms with Crippen molar-refractivity contribution >= 4 is 5.91 Å². The summed E-state index contributed by atoms with van der Waals surface area (Å²) < 4.78 is 5.81. The number of likely N-dealkylation sites (tertiary alicyclic amines) is 1. The smallest absolute Gasteiger partial charge is 0.263 e. The van der Waals surface area contributed by atoms with Crippen molar-refractivity contribution in [2.24, 2.45) is 0 Å². The van der Waals surface area contributed by atoms with Gasteiger partial charge in [0.2, 0.25) is 0 Å². The molecular weight excluding hydrogens is 278 g/mol. The quantitative estimate of drug-likeness (QED) is 0.944. The third kappa shape index (κ3) is 2.98. The minimum absolute atomic E-state index is 0.0143. The van der Waals surface area contributed by atoms with Crippen LogP contribution in [0.2, 0.25) is 0 Å². The number of nitrogens with zero attached hydrogens (tertiary/aromatic N) is 2.